The zero-order chi connectivity index (χ0) is 15.6. The molecule has 21 heavy (non-hydrogen) atoms. The fraction of sp³-hybridized carbons (Fsp3) is 0.900. The molecule has 0 aliphatic rings. The van der Waals surface area contributed by atoms with Gasteiger partial charge in [-0.05, 0) is 39.0 Å². The van der Waals surface area contributed by atoms with Crippen molar-refractivity contribution < 1.29 is 5.11 Å². The fourth-order valence-corrected chi connectivity index (χ4v) is 2.69. The summed E-state index contributed by atoms with van der Waals surface area (Å²) in [5, 5.41) is 9.16. The lowest BCUT2D eigenvalue weighted by atomic mass is 10.1. The zero-order valence-corrected chi connectivity index (χ0v) is 14.8. The van der Waals surface area contributed by atoms with E-state index in [2.05, 4.69) is 19.1 Å². The molecule has 0 bridgehead atoms. The molecule has 1 heteroatoms. The molecule has 126 valence electrons. The molecule has 1 unspecified atom stereocenters. The first-order valence-electron chi connectivity index (χ1n) is 9.60. The molecule has 0 rings (SSSR count). The number of rotatable bonds is 16. The van der Waals surface area contributed by atoms with Crippen molar-refractivity contribution in [2.24, 2.45) is 0 Å². The molecule has 0 aromatic carbocycles. The number of allylic oxidation sites excluding steroid dienone is 2. The van der Waals surface area contributed by atoms with Crippen LogP contribution in [0.2, 0.25) is 0 Å². The van der Waals surface area contributed by atoms with Crippen molar-refractivity contribution in [3.05, 3.63) is 12.2 Å². The van der Waals surface area contributed by atoms with E-state index in [0.29, 0.717) is 0 Å². The summed E-state index contributed by atoms with van der Waals surface area (Å²) < 4.78 is 0. The standard InChI is InChI=1S/C20H40O/c1-3-4-5-6-7-8-9-10-11-12-13-14-15-16-17-18-19-20(2)21/h12-13,20-21H,3-11,14-19H2,1-2H3/b13-12-. The van der Waals surface area contributed by atoms with Crippen LogP contribution in [-0.2, 0) is 0 Å². The highest BCUT2D eigenvalue weighted by molar-refractivity contribution is 4.81. The van der Waals surface area contributed by atoms with Crippen molar-refractivity contribution in [3.8, 4) is 0 Å². The van der Waals surface area contributed by atoms with E-state index in [1.54, 1.807) is 0 Å². The van der Waals surface area contributed by atoms with Crippen LogP contribution in [0.4, 0.5) is 0 Å². The lowest BCUT2D eigenvalue weighted by molar-refractivity contribution is 0.180. The van der Waals surface area contributed by atoms with Crippen LogP contribution in [0.3, 0.4) is 0 Å². The molecule has 0 heterocycles. The zero-order valence-electron chi connectivity index (χ0n) is 14.8. The van der Waals surface area contributed by atoms with Crippen molar-refractivity contribution >= 4 is 0 Å². The Labute approximate surface area is 134 Å². The lowest BCUT2D eigenvalue weighted by Crippen LogP contribution is -1.98. The quantitative estimate of drug-likeness (QED) is 0.245. The summed E-state index contributed by atoms with van der Waals surface area (Å²) in [6.45, 7) is 4.16. The third-order valence-corrected chi connectivity index (χ3v) is 4.13. The minimum atomic E-state index is -0.114. The molecule has 1 nitrogen and oxygen atoms in total. The predicted molar refractivity (Wildman–Crippen MR) is 95.7 cm³/mol. The van der Waals surface area contributed by atoms with Gasteiger partial charge >= 0.3 is 0 Å². The second-order valence-corrected chi connectivity index (χ2v) is 6.58. The number of unbranched alkanes of at least 4 members (excludes halogenated alkanes) is 12. The van der Waals surface area contributed by atoms with Crippen LogP contribution in [0.15, 0.2) is 12.2 Å². The minimum Gasteiger partial charge on any atom is -0.393 e. The first-order chi connectivity index (χ1) is 10.3. The van der Waals surface area contributed by atoms with Crippen molar-refractivity contribution in [2.45, 2.75) is 116 Å². The molecule has 0 saturated carbocycles. The Balaban J connectivity index is 3.05. The van der Waals surface area contributed by atoms with Gasteiger partial charge in [-0.15, -0.1) is 0 Å². The van der Waals surface area contributed by atoms with Gasteiger partial charge in [0, 0.05) is 0 Å². The summed E-state index contributed by atoms with van der Waals surface area (Å²) in [7, 11) is 0. The molecule has 0 radical (unpaired) electrons. The summed E-state index contributed by atoms with van der Waals surface area (Å²) in [4.78, 5) is 0. The third-order valence-electron chi connectivity index (χ3n) is 4.13. The van der Waals surface area contributed by atoms with Crippen LogP contribution in [0.25, 0.3) is 0 Å². The highest BCUT2D eigenvalue weighted by Crippen LogP contribution is 2.11. The maximum Gasteiger partial charge on any atom is 0.0512 e. The van der Waals surface area contributed by atoms with E-state index in [9.17, 15) is 0 Å². The smallest absolute Gasteiger partial charge is 0.0512 e. The average Bonchev–Trinajstić information content (AvgIpc) is 2.46. The van der Waals surface area contributed by atoms with Crippen LogP contribution < -0.4 is 0 Å². The van der Waals surface area contributed by atoms with Gasteiger partial charge in [-0.25, -0.2) is 0 Å². The van der Waals surface area contributed by atoms with Crippen molar-refractivity contribution in [1.29, 1.82) is 0 Å². The molecule has 0 aliphatic carbocycles. The van der Waals surface area contributed by atoms with Gasteiger partial charge in [-0.1, -0.05) is 83.3 Å². The Morgan fingerprint density at radius 1 is 0.667 bits per heavy atom. The van der Waals surface area contributed by atoms with Gasteiger partial charge in [0.15, 0.2) is 0 Å². The first kappa shape index (κ1) is 20.7. The number of aliphatic hydroxyl groups is 1. The maximum atomic E-state index is 9.16. The SMILES string of the molecule is CCCCCCCCCC/C=C\CCCCCCC(C)O. The summed E-state index contributed by atoms with van der Waals surface area (Å²) >= 11 is 0. The van der Waals surface area contributed by atoms with Crippen LogP contribution >= 0.6 is 0 Å². The fourth-order valence-electron chi connectivity index (χ4n) is 2.69. The van der Waals surface area contributed by atoms with E-state index < -0.39 is 0 Å². The van der Waals surface area contributed by atoms with Gasteiger partial charge in [0.25, 0.3) is 0 Å². The summed E-state index contributed by atoms with van der Waals surface area (Å²) in [5.74, 6) is 0. The molecule has 0 fully saturated rings. The van der Waals surface area contributed by atoms with E-state index in [1.165, 1.54) is 89.9 Å². The van der Waals surface area contributed by atoms with Gasteiger partial charge in [-0.3, -0.25) is 0 Å². The Bertz CT molecular complexity index is 208. The van der Waals surface area contributed by atoms with E-state index in [1.807, 2.05) is 6.92 Å². The highest BCUT2D eigenvalue weighted by atomic mass is 16.3. The third kappa shape index (κ3) is 19.7. The lowest BCUT2D eigenvalue weighted by Gasteiger charge is -2.02. The van der Waals surface area contributed by atoms with Crippen LogP contribution in [-0.4, -0.2) is 11.2 Å². The summed E-state index contributed by atoms with van der Waals surface area (Å²) in [6, 6.07) is 0. The van der Waals surface area contributed by atoms with Gasteiger partial charge in [0.05, 0.1) is 6.10 Å². The largest absolute Gasteiger partial charge is 0.393 e. The van der Waals surface area contributed by atoms with Crippen molar-refractivity contribution in [2.75, 3.05) is 0 Å². The van der Waals surface area contributed by atoms with Crippen LogP contribution in [0.5, 0.6) is 0 Å². The van der Waals surface area contributed by atoms with Crippen LogP contribution in [0.1, 0.15) is 110 Å². The number of hydrogen-bond acceptors (Lipinski definition) is 1. The molecule has 0 amide bonds. The molecular formula is C20H40O. The van der Waals surface area contributed by atoms with Gasteiger partial charge in [-0.2, -0.15) is 0 Å². The molecular weight excluding hydrogens is 256 g/mol. The molecule has 0 saturated heterocycles. The predicted octanol–water partition coefficient (Wildman–Crippen LogP) is 6.79. The van der Waals surface area contributed by atoms with Crippen LogP contribution in [0, 0.1) is 0 Å². The Morgan fingerprint density at radius 3 is 1.57 bits per heavy atom. The maximum absolute atomic E-state index is 9.16. The molecule has 1 atom stereocenters. The highest BCUT2D eigenvalue weighted by Gasteiger charge is 1.94. The Morgan fingerprint density at radius 2 is 1.10 bits per heavy atom. The van der Waals surface area contributed by atoms with E-state index in [0.717, 1.165) is 6.42 Å². The second kappa shape index (κ2) is 17.8. The average molecular weight is 297 g/mol. The first-order valence-corrected chi connectivity index (χ1v) is 9.60. The Hall–Kier alpha value is -0.300. The van der Waals surface area contributed by atoms with Crippen molar-refractivity contribution in [1.82, 2.24) is 0 Å². The van der Waals surface area contributed by atoms with E-state index in [-0.39, 0.29) is 6.10 Å². The normalized spacial score (nSPS) is 13.1. The summed E-state index contributed by atoms with van der Waals surface area (Å²) in [6.07, 6.45) is 24.5. The summed E-state index contributed by atoms with van der Waals surface area (Å²) in [5.41, 5.74) is 0. The van der Waals surface area contributed by atoms with Gasteiger partial charge in [0.2, 0.25) is 0 Å². The topological polar surface area (TPSA) is 20.2 Å². The minimum absolute atomic E-state index is 0.114. The molecule has 0 aliphatic heterocycles. The van der Waals surface area contributed by atoms with Gasteiger partial charge in [0.1, 0.15) is 0 Å². The number of hydrogen-bond donors (Lipinski definition) is 1. The molecule has 0 spiro atoms. The van der Waals surface area contributed by atoms with Gasteiger partial charge < -0.3 is 5.11 Å². The van der Waals surface area contributed by atoms with Crippen molar-refractivity contribution in [3.63, 3.8) is 0 Å². The number of aliphatic hydroxyl groups excluding tert-OH is 1. The van der Waals surface area contributed by atoms with E-state index in [4.69, 9.17) is 5.11 Å². The van der Waals surface area contributed by atoms with E-state index >= 15 is 0 Å². The second-order valence-electron chi connectivity index (χ2n) is 6.58. The molecule has 1 N–H and O–H groups in total. The molecule has 0 aromatic heterocycles. The monoisotopic (exact) mass is 296 g/mol. The molecule has 0 aromatic rings. The Kier molecular flexibility index (Phi) is 17.5.